The molecule has 0 aromatic carbocycles. The van der Waals surface area contributed by atoms with Crippen molar-refractivity contribution in [2.24, 2.45) is 5.73 Å². The number of nitrogens with two attached hydrogens (primary N) is 1. The fourth-order valence-electron chi connectivity index (χ4n) is 2.19. The van der Waals surface area contributed by atoms with Crippen LogP contribution in [0.3, 0.4) is 0 Å². The Hall–Kier alpha value is -1.95. The lowest BCUT2D eigenvalue weighted by Crippen LogP contribution is -2.58. The van der Waals surface area contributed by atoms with E-state index in [1.54, 1.807) is 11.1 Å². The van der Waals surface area contributed by atoms with Crippen LogP contribution in [0.1, 0.15) is 31.9 Å². The van der Waals surface area contributed by atoms with Crippen LogP contribution >= 0.6 is 0 Å². The molecule has 6 heteroatoms. The largest absolute Gasteiger partial charge is 0.335 e. The van der Waals surface area contributed by atoms with Gasteiger partial charge < -0.3 is 10.6 Å². The van der Waals surface area contributed by atoms with Gasteiger partial charge in [-0.05, 0) is 31.0 Å². The first kappa shape index (κ1) is 13.5. The van der Waals surface area contributed by atoms with Crippen LogP contribution in [-0.2, 0) is 9.59 Å². The number of aromatic nitrogens is 1. The number of amides is 2. The predicted molar refractivity (Wildman–Crippen MR) is 71.4 cm³/mol. The molecule has 19 heavy (non-hydrogen) atoms. The number of hydrogen-bond acceptors (Lipinski definition) is 5. The normalized spacial score (nSPS) is 21.2. The van der Waals surface area contributed by atoms with Gasteiger partial charge in [-0.25, -0.2) is 4.98 Å². The molecule has 1 unspecified atom stereocenters. The van der Waals surface area contributed by atoms with Crippen molar-refractivity contribution in [1.82, 2.24) is 10.3 Å². The summed E-state index contributed by atoms with van der Waals surface area (Å²) in [5.41, 5.74) is 6.77. The van der Waals surface area contributed by atoms with E-state index >= 15 is 0 Å². The molecule has 2 rings (SSSR count). The van der Waals surface area contributed by atoms with E-state index < -0.39 is 0 Å². The molecule has 2 amide bonds. The van der Waals surface area contributed by atoms with Crippen molar-refractivity contribution in [2.45, 2.75) is 32.4 Å². The van der Waals surface area contributed by atoms with Gasteiger partial charge in [0.2, 0.25) is 11.8 Å². The first-order valence-corrected chi connectivity index (χ1v) is 6.34. The highest BCUT2D eigenvalue weighted by molar-refractivity contribution is 6.04. The fourth-order valence-corrected chi connectivity index (χ4v) is 2.19. The Labute approximate surface area is 112 Å². The molecule has 0 aliphatic carbocycles. The van der Waals surface area contributed by atoms with Crippen molar-refractivity contribution in [2.75, 3.05) is 11.4 Å². The lowest BCUT2D eigenvalue weighted by molar-refractivity contribution is -0.132. The molecule has 0 spiro atoms. The molecule has 1 aromatic heterocycles. The van der Waals surface area contributed by atoms with Gasteiger partial charge in [0.05, 0.1) is 6.54 Å². The molecule has 1 saturated heterocycles. The minimum absolute atomic E-state index is 0.115. The molecule has 2 heterocycles. The van der Waals surface area contributed by atoms with E-state index in [-0.39, 0.29) is 30.4 Å². The minimum atomic E-state index is -0.367. The summed E-state index contributed by atoms with van der Waals surface area (Å²) in [5.74, 6) is 0.0410. The monoisotopic (exact) mass is 262 g/mol. The molecule has 0 radical (unpaired) electrons. The van der Waals surface area contributed by atoms with Crippen LogP contribution in [0.4, 0.5) is 5.82 Å². The minimum Gasteiger partial charge on any atom is -0.335 e. The SMILES string of the molecule is CCC1C(=O)NC(=O)CN1c1cc([C@H](C)N)ccn1. The van der Waals surface area contributed by atoms with Crippen LogP contribution in [-0.4, -0.2) is 29.4 Å². The maximum Gasteiger partial charge on any atom is 0.249 e. The molecule has 1 aliphatic heterocycles. The molecule has 6 nitrogen and oxygen atoms in total. The summed E-state index contributed by atoms with van der Waals surface area (Å²) in [6.45, 7) is 3.92. The molecule has 0 saturated carbocycles. The van der Waals surface area contributed by atoms with Crippen molar-refractivity contribution in [3.8, 4) is 0 Å². The zero-order chi connectivity index (χ0) is 14.0. The van der Waals surface area contributed by atoms with E-state index in [9.17, 15) is 9.59 Å². The second-order valence-corrected chi connectivity index (χ2v) is 4.70. The third kappa shape index (κ3) is 2.73. The zero-order valence-corrected chi connectivity index (χ0v) is 11.1. The Morgan fingerprint density at radius 1 is 1.58 bits per heavy atom. The van der Waals surface area contributed by atoms with Gasteiger partial charge >= 0.3 is 0 Å². The Kier molecular flexibility index (Phi) is 3.80. The highest BCUT2D eigenvalue weighted by Crippen LogP contribution is 2.21. The highest BCUT2D eigenvalue weighted by atomic mass is 16.2. The van der Waals surface area contributed by atoms with Crippen LogP contribution < -0.4 is 16.0 Å². The summed E-state index contributed by atoms with van der Waals surface area (Å²) in [7, 11) is 0. The second-order valence-electron chi connectivity index (χ2n) is 4.70. The molecular formula is C13H18N4O2. The van der Waals surface area contributed by atoms with Gasteiger partial charge in [-0.3, -0.25) is 14.9 Å². The van der Waals surface area contributed by atoms with E-state index in [1.807, 2.05) is 26.0 Å². The number of imide groups is 1. The summed E-state index contributed by atoms with van der Waals surface area (Å²) in [6.07, 6.45) is 2.26. The molecule has 0 bridgehead atoms. The van der Waals surface area contributed by atoms with E-state index in [0.717, 1.165) is 5.56 Å². The molecule has 2 atom stereocenters. The Morgan fingerprint density at radius 2 is 2.32 bits per heavy atom. The Morgan fingerprint density at radius 3 is 2.95 bits per heavy atom. The van der Waals surface area contributed by atoms with Crippen LogP contribution in [0.2, 0.25) is 0 Å². The van der Waals surface area contributed by atoms with Gasteiger partial charge in [0.15, 0.2) is 0 Å². The molecule has 3 N–H and O–H groups in total. The van der Waals surface area contributed by atoms with Gasteiger partial charge in [-0.2, -0.15) is 0 Å². The van der Waals surface area contributed by atoms with Crippen molar-refractivity contribution in [3.63, 3.8) is 0 Å². The second kappa shape index (κ2) is 5.36. The van der Waals surface area contributed by atoms with Crippen LogP contribution in [0.15, 0.2) is 18.3 Å². The summed E-state index contributed by atoms with van der Waals surface area (Å²) in [4.78, 5) is 29.3. The number of rotatable bonds is 3. The summed E-state index contributed by atoms with van der Waals surface area (Å²) < 4.78 is 0. The van der Waals surface area contributed by atoms with Gasteiger partial charge in [-0.1, -0.05) is 6.92 Å². The van der Waals surface area contributed by atoms with E-state index in [1.165, 1.54) is 0 Å². The van der Waals surface area contributed by atoms with E-state index in [0.29, 0.717) is 12.2 Å². The smallest absolute Gasteiger partial charge is 0.249 e. The van der Waals surface area contributed by atoms with Gasteiger partial charge in [0, 0.05) is 12.2 Å². The molecule has 1 fully saturated rings. The lowest BCUT2D eigenvalue weighted by Gasteiger charge is -2.34. The number of piperazine rings is 1. The van der Waals surface area contributed by atoms with Crippen LogP contribution in [0.5, 0.6) is 0 Å². The number of hydrogen-bond donors (Lipinski definition) is 2. The number of nitrogens with one attached hydrogen (secondary N) is 1. The Bertz CT molecular complexity index is 501. The molecule has 1 aromatic rings. The number of carbonyl (C=O) groups is 2. The maximum atomic E-state index is 11.8. The first-order valence-electron chi connectivity index (χ1n) is 6.34. The number of anilines is 1. The van der Waals surface area contributed by atoms with Crippen molar-refractivity contribution >= 4 is 17.6 Å². The lowest BCUT2D eigenvalue weighted by atomic mass is 10.1. The van der Waals surface area contributed by atoms with E-state index in [2.05, 4.69) is 10.3 Å². The summed E-state index contributed by atoms with van der Waals surface area (Å²) in [5, 5.41) is 2.35. The molecular weight excluding hydrogens is 244 g/mol. The average Bonchev–Trinajstić information content (AvgIpc) is 2.38. The summed E-state index contributed by atoms with van der Waals surface area (Å²) in [6, 6.07) is 3.19. The average molecular weight is 262 g/mol. The predicted octanol–water partition coefficient (Wildman–Crippen LogP) is 0.343. The zero-order valence-electron chi connectivity index (χ0n) is 11.1. The Balaban J connectivity index is 2.34. The third-order valence-electron chi connectivity index (χ3n) is 3.23. The van der Waals surface area contributed by atoms with Crippen molar-refractivity contribution in [3.05, 3.63) is 23.9 Å². The van der Waals surface area contributed by atoms with Gasteiger partial charge in [0.25, 0.3) is 0 Å². The molecule has 102 valence electrons. The van der Waals surface area contributed by atoms with Gasteiger partial charge in [-0.15, -0.1) is 0 Å². The van der Waals surface area contributed by atoms with Crippen molar-refractivity contribution < 1.29 is 9.59 Å². The number of pyridine rings is 1. The number of nitrogens with zero attached hydrogens (tertiary/aromatic N) is 2. The van der Waals surface area contributed by atoms with Gasteiger partial charge in [0.1, 0.15) is 11.9 Å². The fraction of sp³-hybridized carbons (Fsp3) is 0.462. The third-order valence-corrected chi connectivity index (χ3v) is 3.23. The van der Waals surface area contributed by atoms with Crippen molar-refractivity contribution in [1.29, 1.82) is 0 Å². The van der Waals surface area contributed by atoms with Crippen LogP contribution in [0, 0.1) is 0 Å². The van der Waals surface area contributed by atoms with Crippen LogP contribution in [0.25, 0.3) is 0 Å². The highest BCUT2D eigenvalue weighted by Gasteiger charge is 2.33. The summed E-state index contributed by atoms with van der Waals surface area (Å²) >= 11 is 0. The first-order chi connectivity index (χ1) is 9.02. The quantitative estimate of drug-likeness (QED) is 0.767. The molecule has 1 aliphatic rings. The van der Waals surface area contributed by atoms with E-state index in [4.69, 9.17) is 5.73 Å². The maximum absolute atomic E-state index is 11.8. The number of carbonyl (C=O) groups excluding carboxylic acids is 2. The topological polar surface area (TPSA) is 88.3 Å². The standard InChI is InChI=1S/C13H18N4O2/c1-3-10-13(19)16-12(18)7-17(10)11-6-9(8(2)14)4-5-15-11/h4-6,8,10H,3,7,14H2,1-2H3,(H,16,18,19)/t8-,10?/m0/s1.